The summed E-state index contributed by atoms with van der Waals surface area (Å²) in [5, 5.41) is -7.08. The van der Waals surface area contributed by atoms with E-state index < -0.39 is 278 Å². The Morgan fingerprint density at radius 2 is 0.825 bits per heavy atom. The highest BCUT2D eigenvalue weighted by molar-refractivity contribution is 7.19. The molecule has 0 amide bonds. The first-order valence-corrected chi connectivity index (χ1v) is 19.9. The molecule has 1 saturated carbocycles. The smallest absolute Gasteiger partial charge is 0.179 e. The molecule has 0 N–H and O–H groups in total. The third-order valence-corrected chi connectivity index (χ3v) is 14.4. The van der Waals surface area contributed by atoms with Crippen molar-refractivity contribution in [1.29, 1.82) is 0 Å². The van der Waals surface area contributed by atoms with Crippen LogP contribution in [-0.4, -0.2) is 17.2 Å². The summed E-state index contributed by atoms with van der Waals surface area (Å²) in [4.78, 5) is 0. The molecule has 0 radical (unpaired) electrons. The molecule has 10 aromatic rings. The van der Waals surface area contributed by atoms with Gasteiger partial charge in [0.2, 0.25) is 0 Å². The highest BCUT2D eigenvalue weighted by Gasteiger charge is 2.41. The molecule has 0 saturated heterocycles. The molecule has 11 rings (SSSR count). The van der Waals surface area contributed by atoms with E-state index in [-0.39, 0.29) is 16.3 Å². The minimum Gasteiger partial charge on any atom is -0.309 e. The Morgan fingerprint density at radius 1 is 0.368 bits per heavy atom. The molecule has 2 nitrogen and oxygen atoms in total. The minimum absolute atomic E-state index is 0.104. The Balaban J connectivity index is 1.43. The van der Waals surface area contributed by atoms with Crippen LogP contribution in [0.15, 0.2) is 199 Å². The molecule has 1 aliphatic carbocycles. The van der Waals surface area contributed by atoms with Crippen molar-refractivity contribution in [3.63, 3.8) is 0 Å². The van der Waals surface area contributed by atoms with Gasteiger partial charge in [0, 0.05) is 32.9 Å². The maximum absolute atomic E-state index is 10.5. The highest BCUT2D eigenvalue weighted by Crippen LogP contribution is 2.39. The summed E-state index contributed by atoms with van der Waals surface area (Å²) in [6.45, 7) is 0. The first-order valence-electron chi connectivity index (χ1n) is 34.4. The predicted octanol–water partition coefficient (Wildman–Crippen LogP) is 11.3. The second-order valence-electron chi connectivity index (χ2n) is 13.4. The monoisotopic (exact) mass is 782 g/mol. The van der Waals surface area contributed by atoms with E-state index in [9.17, 15) is 27.4 Å². The molecule has 1 aliphatic rings. The molecule has 57 heavy (non-hydrogen) atoms. The average molecular weight is 782 g/mol. The molecule has 0 aliphatic heterocycles. The van der Waals surface area contributed by atoms with Crippen LogP contribution in [-0.2, 0) is 0 Å². The van der Waals surface area contributed by atoms with E-state index in [1.54, 1.807) is 0 Å². The van der Waals surface area contributed by atoms with Crippen molar-refractivity contribution in [2.75, 3.05) is 0 Å². The lowest BCUT2D eigenvalue weighted by Crippen LogP contribution is -2.74. The summed E-state index contributed by atoms with van der Waals surface area (Å²) < 4.78 is 311. The minimum atomic E-state index is -6.55. The molecule has 0 atom stereocenters. The molecule has 3 heteroatoms. The molecule has 274 valence electrons. The van der Waals surface area contributed by atoms with Crippen LogP contribution < -0.4 is 20.7 Å². The zero-order valence-corrected chi connectivity index (χ0v) is 30.5. The second-order valence-corrected chi connectivity index (χ2v) is 16.9. The van der Waals surface area contributed by atoms with Gasteiger partial charge in [0.05, 0.1) is 67.3 Å². The van der Waals surface area contributed by atoms with Crippen molar-refractivity contribution in [2.45, 2.75) is 38.0 Å². The fraction of sp³-hybridized carbons (Fsp3) is 0.111. The lowest BCUT2D eigenvalue weighted by atomic mass is 9.84. The molecule has 0 bridgehead atoms. The van der Waals surface area contributed by atoms with E-state index in [4.69, 9.17) is 17.8 Å². The zero-order valence-electron chi connectivity index (χ0n) is 62.5. The van der Waals surface area contributed by atoms with Crippen LogP contribution >= 0.6 is 0 Å². The topological polar surface area (TPSA) is 9.86 Å². The summed E-state index contributed by atoms with van der Waals surface area (Å²) in [5.41, 5.74) is -4.71. The number of hydrogen-bond donors (Lipinski definition) is 0. The lowest BCUT2D eigenvalue weighted by molar-refractivity contribution is 0.444. The average Bonchev–Trinajstić information content (AvgIpc) is 1.18. The maximum Gasteiger partial charge on any atom is 0.179 e. The Labute approximate surface area is 381 Å². The third kappa shape index (κ3) is 5.44. The SMILES string of the molecule is [2H]c1c([2H])c([2H])c([Si](c2c([2H])c([2H])c([2H])c([2H])c2[2H])(c2c([2H])c([2H])c([2H])c([2H])c2[2H])c2c([2H])c([2H])c([2H])c(-n3c4c([2H])c([2H])c([2H])c([2H])c4c4c([2H])c(-n5c6c([2H])c([2H])c([2H])c([2H])c6c6c([2H])c(C7CCCCC7)c([2H])c([2H])c65)c([2H])c([2H])c43)c2[2H])c([2H])c1[2H]. The molecule has 0 unspecified atom stereocenters. The van der Waals surface area contributed by atoms with Crippen molar-refractivity contribution in [3.05, 3.63) is 205 Å². The van der Waals surface area contributed by atoms with Crippen LogP contribution in [0.25, 0.3) is 55.0 Å². The molecule has 0 spiro atoms. The van der Waals surface area contributed by atoms with Crippen molar-refractivity contribution in [2.24, 2.45) is 0 Å². The van der Waals surface area contributed by atoms with Crippen LogP contribution in [0.4, 0.5) is 0 Å². The van der Waals surface area contributed by atoms with Crippen LogP contribution in [0.5, 0.6) is 0 Å². The molecular weight excluding hydrogens is 705 g/mol. The van der Waals surface area contributed by atoms with E-state index in [1.165, 1.54) is 0 Å². The van der Waals surface area contributed by atoms with E-state index in [1.807, 2.05) is 0 Å². The number of aromatic nitrogens is 2. The summed E-state index contributed by atoms with van der Waals surface area (Å²) in [6.07, 6.45) is 3.28. The Hall–Kier alpha value is -6.42. The van der Waals surface area contributed by atoms with E-state index in [0.717, 1.165) is 11.0 Å². The standard InChI is InChI=1S/C54H44N2Si/c1-5-18-39(19-6-1)40-32-34-53-49(36-40)47-28-13-15-30-51(47)56(53)42-33-35-54-50(38-42)48-29-14-16-31-52(48)55(54)41-20-17-27-46(37-41)57(43-21-7-2-8-22-43,44-23-9-3-10-24-44)45-25-11-4-12-26-45/h2-4,7-17,20-39H,1,5-6,18-19H2/i2D,3D,4D,7D,8D,9D,10D,11D,12D,13D,14D,15D,16D,17D,20D,21D,22D,23D,24D,25D,26D,27D,28D,29D,30D,31D,32D,33D,34D,35D,36D,37D,38D. The molecule has 8 aromatic carbocycles. The zero-order chi connectivity index (χ0) is 66.5. The van der Waals surface area contributed by atoms with Crippen LogP contribution in [0, 0.1) is 0 Å². The van der Waals surface area contributed by atoms with Gasteiger partial charge in [-0.3, -0.25) is 0 Å². The van der Waals surface area contributed by atoms with Crippen molar-refractivity contribution in [1.82, 2.24) is 9.13 Å². The van der Waals surface area contributed by atoms with E-state index in [0.29, 0.717) is 30.3 Å². The maximum atomic E-state index is 10.5. The van der Waals surface area contributed by atoms with Gasteiger partial charge in [0.1, 0.15) is 0 Å². The second kappa shape index (κ2) is 13.9. The molecule has 2 heterocycles. The predicted molar refractivity (Wildman–Crippen MR) is 245 cm³/mol. The number of hydrogen-bond acceptors (Lipinski definition) is 0. The van der Waals surface area contributed by atoms with Gasteiger partial charge >= 0.3 is 0 Å². The quantitative estimate of drug-likeness (QED) is 0.113. The summed E-state index contributed by atoms with van der Waals surface area (Å²) in [7, 11) is -6.55. The van der Waals surface area contributed by atoms with Gasteiger partial charge < -0.3 is 9.13 Å². The first kappa shape index (κ1) is 14.2. The summed E-state index contributed by atoms with van der Waals surface area (Å²) >= 11 is 0. The third-order valence-electron chi connectivity index (χ3n) is 10.4. The Kier molecular flexibility index (Phi) is 3.47. The number of nitrogens with zero attached hydrogens (tertiary/aromatic N) is 2. The fourth-order valence-corrected chi connectivity index (χ4v) is 11.4. The first-order chi connectivity index (χ1) is 42.0. The molecule has 2 aromatic heterocycles. The van der Waals surface area contributed by atoms with Crippen LogP contribution in [0.2, 0.25) is 0 Å². The van der Waals surface area contributed by atoms with E-state index in [2.05, 4.69) is 0 Å². The van der Waals surface area contributed by atoms with Gasteiger partial charge in [-0.15, -0.1) is 0 Å². The normalized spacial score (nSPS) is 22.0. The number of para-hydroxylation sites is 2. The Bertz CT molecular complexity index is 4730. The number of benzene rings is 8. The lowest BCUT2D eigenvalue weighted by Gasteiger charge is -2.34. The summed E-state index contributed by atoms with van der Waals surface area (Å²) in [5.74, 6) is -0.436. The van der Waals surface area contributed by atoms with Crippen molar-refractivity contribution < 1.29 is 45.2 Å². The van der Waals surface area contributed by atoms with Gasteiger partial charge in [0.25, 0.3) is 0 Å². The van der Waals surface area contributed by atoms with Crippen molar-refractivity contribution in [3.8, 4) is 11.4 Å². The van der Waals surface area contributed by atoms with Crippen LogP contribution in [0.3, 0.4) is 0 Å². The highest BCUT2D eigenvalue weighted by atomic mass is 28.3. The largest absolute Gasteiger partial charge is 0.309 e. The van der Waals surface area contributed by atoms with Crippen LogP contribution in [0.1, 0.15) is 88.8 Å². The number of fused-ring (bicyclic) bond motifs is 6. The molecule has 1 fully saturated rings. The van der Waals surface area contributed by atoms with Gasteiger partial charge in [-0.1, -0.05) is 164 Å². The van der Waals surface area contributed by atoms with Crippen molar-refractivity contribution >= 4 is 72.4 Å². The number of rotatable bonds is 7. The van der Waals surface area contributed by atoms with E-state index >= 15 is 0 Å². The molecular formula is C54H44N2Si. The van der Waals surface area contributed by atoms with Gasteiger partial charge in [-0.2, -0.15) is 0 Å². The van der Waals surface area contributed by atoms with Gasteiger partial charge in [0.15, 0.2) is 8.07 Å². The van der Waals surface area contributed by atoms with Gasteiger partial charge in [-0.25, -0.2) is 0 Å². The Morgan fingerprint density at radius 3 is 1.40 bits per heavy atom. The van der Waals surface area contributed by atoms with Gasteiger partial charge in [-0.05, 0) is 99.5 Å². The summed E-state index contributed by atoms with van der Waals surface area (Å²) in [6, 6.07) is -36.5. The fourth-order valence-electron chi connectivity index (χ4n) is 7.88.